The van der Waals surface area contributed by atoms with Gasteiger partial charge in [-0.05, 0) is 25.8 Å². The summed E-state index contributed by atoms with van der Waals surface area (Å²) in [5.74, 6) is 1.32. The maximum atomic E-state index is 3.54. The van der Waals surface area contributed by atoms with Gasteiger partial charge in [0.05, 0.1) is 0 Å². The summed E-state index contributed by atoms with van der Waals surface area (Å²) in [7, 11) is 0. The molecule has 1 rings (SSSR count). The summed E-state index contributed by atoms with van der Waals surface area (Å²) in [6, 6.07) is 0. The molecule has 0 atom stereocenters. The van der Waals surface area contributed by atoms with Crippen molar-refractivity contribution in [1.29, 1.82) is 0 Å². The first-order valence-corrected chi connectivity index (χ1v) is 7.80. The summed E-state index contributed by atoms with van der Waals surface area (Å²) in [6.45, 7) is 4.70. The number of thioether (sulfide) groups is 1. The molecular weight excluding hydrogens is 202 g/mol. The molecule has 0 aromatic rings. The predicted molar refractivity (Wildman–Crippen MR) is 71.7 cm³/mol. The number of unbranched alkanes of at least 4 members (excludes halogenated alkanes) is 2. The SMILES string of the molecule is CCCCCNCCSC1CCCCC1. The fourth-order valence-electron chi connectivity index (χ4n) is 2.15. The molecule has 0 amide bonds. The molecule has 0 radical (unpaired) electrons. The van der Waals surface area contributed by atoms with Gasteiger partial charge in [-0.3, -0.25) is 0 Å². The molecule has 2 heteroatoms. The van der Waals surface area contributed by atoms with Gasteiger partial charge in [0.1, 0.15) is 0 Å². The first-order chi connectivity index (χ1) is 7.43. The van der Waals surface area contributed by atoms with E-state index in [4.69, 9.17) is 0 Å². The van der Waals surface area contributed by atoms with Crippen molar-refractivity contribution < 1.29 is 0 Å². The molecule has 0 unspecified atom stereocenters. The van der Waals surface area contributed by atoms with E-state index in [1.807, 2.05) is 0 Å². The second-order valence-corrected chi connectivity index (χ2v) is 6.00. The third-order valence-corrected chi connectivity index (χ3v) is 4.52. The van der Waals surface area contributed by atoms with Crippen LogP contribution in [-0.4, -0.2) is 24.1 Å². The molecule has 1 fully saturated rings. The molecule has 90 valence electrons. The zero-order valence-electron chi connectivity index (χ0n) is 10.3. The molecule has 1 N–H and O–H groups in total. The monoisotopic (exact) mass is 229 g/mol. The summed E-state index contributed by atoms with van der Waals surface area (Å²) in [6.07, 6.45) is 11.4. The first-order valence-electron chi connectivity index (χ1n) is 6.76. The lowest BCUT2D eigenvalue weighted by Gasteiger charge is -2.20. The van der Waals surface area contributed by atoms with E-state index in [-0.39, 0.29) is 0 Å². The van der Waals surface area contributed by atoms with Gasteiger partial charge in [0.2, 0.25) is 0 Å². The maximum Gasteiger partial charge on any atom is 0.00608 e. The molecule has 0 aromatic heterocycles. The van der Waals surface area contributed by atoms with Gasteiger partial charge in [-0.2, -0.15) is 11.8 Å². The molecule has 1 aliphatic carbocycles. The summed E-state index contributed by atoms with van der Waals surface area (Å²) >= 11 is 2.20. The summed E-state index contributed by atoms with van der Waals surface area (Å²) in [5.41, 5.74) is 0. The van der Waals surface area contributed by atoms with Crippen LogP contribution in [0.15, 0.2) is 0 Å². The zero-order chi connectivity index (χ0) is 10.8. The Morgan fingerprint density at radius 2 is 1.87 bits per heavy atom. The minimum atomic E-state index is 0.983. The van der Waals surface area contributed by atoms with E-state index in [2.05, 4.69) is 24.0 Å². The molecule has 0 spiro atoms. The first kappa shape index (κ1) is 13.4. The van der Waals surface area contributed by atoms with Crippen LogP contribution in [0.4, 0.5) is 0 Å². The molecule has 1 aliphatic rings. The number of rotatable bonds is 8. The van der Waals surface area contributed by atoms with Crippen molar-refractivity contribution in [3.63, 3.8) is 0 Å². The van der Waals surface area contributed by atoms with Crippen molar-refractivity contribution in [1.82, 2.24) is 5.32 Å². The fourth-order valence-corrected chi connectivity index (χ4v) is 3.42. The van der Waals surface area contributed by atoms with Crippen molar-refractivity contribution in [2.24, 2.45) is 0 Å². The van der Waals surface area contributed by atoms with Crippen LogP contribution in [0.1, 0.15) is 58.3 Å². The third-order valence-electron chi connectivity index (χ3n) is 3.14. The van der Waals surface area contributed by atoms with E-state index >= 15 is 0 Å². The molecule has 0 aliphatic heterocycles. The molecule has 0 saturated heterocycles. The Hall–Kier alpha value is 0.310. The molecule has 1 saturated carbocycles. The van der Waals surface area contributed by atoms with Gasteiger partial charge in [0.25, 0.3) is 0 Å². The van der Waals surface area contributed by atoms with E-state index in [1.54, 1.807) is 0 Å². The van der Waals surface area contributed by atoms with E-state index in [9.17, 15) is 0 Å². The van der Waals surface area contributed by atoms with Crippen LogP contribution in [0.3, 0.4) is 0 Å². The molecule has 1 nitrogen and oxygen atoms in total. The van der Waals surface area contributed by atoms with Gasteiger partial charge in [0.15, 0.2) is 0 Å². The minimum Gasteiger partial charge on any atom is -0.316 e. The molecular formula is C13H27NS. The van der Waals surface area contributed by atoms with E-state index in [0.717, 1.165) is 5.25 Å². The van der Waals surface area contributed by atoms with Crippen LogP contribution in [-0.2, 0) is 0 Å². The average Bonchev–Trinajstić information content (AvgIpc) is 2.29. The van der Waals surface area contributed by atoms with Crippen LogP contribution in [0.2, 0.25) is 0 Å². The normalized spacial score (nSPS) is 18.2. The van der Waals surface area contributed by atoms with Gasteiger partial charge in [-0.15, -0.1) is 0 Å². The van der Waals surface area contributed by atoms with Gasteiger partial charge in [-0.1, -0.05) is 39.0 Å². The Balaban J connectivity index is 1.79. The Morgan fingerprint density at radius 3 is 2.60 bits per heavy atom. The predicted octanol–water partition coefficient (Wildman–Crippen LogP) is 3.83. The van der Waals surface area contributed by atoms with Crippen LogP contribution in [0, 0.1) is 0 Å². The lowest BCUT2D eigenvalue weighted by molar-refractivity contribution is 0.515. The Kier molecular flexibility index (Phi) is 8.50. The van der Waals surface area contributed by atoms with Crippen molar-refractivity contribution in [3.8, 4) is 0 Å². The van der Waals surface area contributed by atoms with Gasteiger partial charge < -0.3 is 5.32 Å². The topological polar surface area (TPSA) is 12.0 Å². The summed E-state index contributed by atoms with van der Waals surface area (Å²) in [4.78, 5) is 0. The van der Waals surface area contributed by atoms with Gasteiger partial charge >= 0.3 is 0 Å². The second-order valence-electron chi connectivity index (χ2n) is 4.59. The van der Waals surface area contributed by atoms with Crippen LogP contribution in [0.5, 0.6) is 0 Å². The molecule has 0 heterocycles. The smallest absolute Gasteiger partial charge is 0.00608 e. The van der Waals surface area contributed by atoms with E-state index < -0.39 is 0 Å². The van der Waals surface area contributed by atoms with Crippen molar-refractivity contribution >= 4 is 11.8 Å². The highest BCUT2D eigenvalue weighted by Gasteiger charge is 2.12. The van der Waals surface area contributed by atoms with E-state index in [1.165, 1.54) is 70.2 Å². The Labute approximate surface area is 99.8 Å². The molecule has 15 heavy (non-hydrogen) atoms. The van der Waals surface area contributed by atoms with Gasteiger partial charge in [-0.25, -0.2) is 0 Å². The largest absolute Gasteiger partial charge is 0.316 e. The van der Waals surface area contributed by atoms with Crippen molar-refractivity contribution in [2.75, 3.05) is 18.8 Å². The number of nitrogens with one attached hydrogen (secondary N) is 1. The van der Waals surface area contributed by atoms with Gasteiger partial charge in [0, 0.05) is 17.5 Å². The van der Waals surface area contributed by atoms with Crippen molar-refractivity contribution in [3.05, 3.63) is 0 Å². The molecule has 0 aromatic carbocycles. The highest BCUT2D eigenvalue weighted by molar-refractivity contribution is 7.99. The average molecular weight is 229 g/mol. The highest BCUT2D eigenvalue weighted by Crippen LogP contribution is 2.27. The van der Waals surface area contributed by atoms with Crippen LogP contribution in [0.25, 0.3) is 0 Å². The third kappa shape index (κ3) is 7.24. The molecule has 0 bridgehead atoms. The summed E-state index contributed by atoms with van der Waals surface area (Å²) < 4.78 is 0. The van der Waals surface area contributed by atoms with Crippen LogP contribution < -0.4 is 5.32 Å². The standard InChI is InChI=1S/C13H27NS/c1-2-3-7-10-14-11-12-15-13-8-5-4-6-9-13/h13-14H,2-12H2,1H3. The number of hydrogen-bond donors (Lipinski definition) is 1. The fraction of sp³-hybridized carbons (Fsp3) is 1.00. The lowest BCUT2D eigenvalue weighted by Crippen LogP contribution is -2.20. The highest BCUT2D eigenvalue weighted by atomic mass is 32.2. The number of hydrogen-bond acceptors (Lipinski definition) is 2. The Morgan fingerprint density at radius 1 is 1.07 bits per heavy atom. The second kappa shape index (κ2) is 9.53. The minimum absolute atomic E-state index is 0.983. The lowest BCUT2D eigenvalue weighted by atomic mass is 10.0. The maximum absolute atomic E-state index is 3.54. The summed E-state index contributed by atoms with van der Waals surface area (Å²) in [5, 5.41) is 4.52. The zero-order valence-corrected chi connectivity index (χ0v) is 11.1. The van der Waals surface area contributed by atoms with E-state index in [0.29, 0.717) is 0 Å². The van der Waals surface area contributed by atoms with Crippen molar-refractivity contribution in [2.45, 2.75) is 63.5 Å². The van der Waals surface area contributed by atoms with Crippen LogP contribution >= 0.6 is 11.8 Å². The Bertz CT molecular complexity index is 132. The quantitative estimate of drug-likeness (QED) is 0.635.